The molecule has 0 aliphatic heterocycles. The monoisotopic (exact) mass is 265 g/mol. The number of aromatic nitrogens is 2. The van der Waals surface area contributed by atoms with Crippen LogP contribution in [0.25, 0.3) is 0 Å². The Kier molecular flexibility index (Phi) is 4.63. The molecular formula is C15H27N3O. The van der Waals surface area contributed by atoms with Gasteiger partial charge in [-0.25, -0.2) is 0 Å². The van der Waals surface area contributed by atoms with Gasteiger partial charge in [0, 0.05) is 11.2 Å². The van der Waals surface area contributed by atoms with Crippen molar-refractivity contribution in [3.8, 4) is 0 Å². The van der Waals surface area contributed by atoms with E-state index in [0.29, 0.717) is 6.04 Å². The lowest BCUT2D eigenvalue weighted by molar-refractivity contribution is 0.161. The maximum Gasteiger partial charge on any atom is 0.0624 e. The first-order valence-corrected chi connectivity index (χ1v) is 7.61. The summed E-state index contributed by atoms with van der Waals surface area (Å²) in [6.45, 7) is 7.57. The Balaban J connectivity index is 2.17. The van der Waals surface area contributed by atoms with Gasteiger partial charge in [0.2, 0.25) is 0 Å². The Hall–Kier alpha value is -0.870. The van der Waals surface area contributed by atoms with Crippen LogP contribution in [0.5, 0.6) is 0 Å². The van der Waals surface area contributed by atoms with E-state index in [4.69, 9.17) is 5.10 Å². The van der Waals surface area contributed by atoms with Crippen LogP contribution in [-0.2, 0) is 12.8 Å². The molecule has 0 radical (unpaired) electrons. The molecule has 2 N–H and O–H groups in total. The van der Waals surface area contributed by atoms with Crippen molar-refractivity contribution in [2.45, 2.75) is 64.5 Å². The zero-order valence-corrected chi connectivity index (χ0v) is 12.4. The normalized spacial score (nSPS) is 27.1. The highest BCUT2D eigenvalue weighted by atomic mass is 16.3. The van der Waals surface area contributed by atoms with Gasteiger partial charge in [-0.15, -0.1) is 0 Å². The third-order valence-electron chi connectivity index (χ3n) is 4.37. The van der Waals surface area contributed by atoms with Crippen molar-refractivity contribution in [3.05, 3.63) is 17.5 Å². The lowest BCUT2D eigenvalue weighted by Crippen LogP contribution is -2.46. The molecule has 1 fully saturated rings. The molecule has 19 heavy (non-hydrogen) atoms. The molecule has 4 nitrogen and oxygen atoms in total. The molecule has 4 heteroatoms. The largest absolute Gasteiger partial charge is 0.394 e. The Bertz CT molecular complexity index is 416. The van der Waals surface area contributed by atoms with Crippen molar-refractivity contribution in [2.75, 3.05) is 13.2 Å². The smallest absolute Gasteiger partial charge is 0.0624 e. The molecule has 1 saturated carbocycles. The van der Waals surface area contributed by atoms with Crippen LogP contribution in [-0.4, -0.2) is 33.6 Å². The SMILES string of the molecule is CCNC1(CO)CCC(n2nc(CC)cc2CC)C1. The molecule has 0 bridgehead atoms. The fraction of sp³-hybridized carbons (Fsp3) is 0.800. The van der Waals surface area contributed by atoms with Gasteiger partial charge >= 0.3 is 0 Å². The third-order valence-corrected chi connectivity index (χ3v) is 4.37. The summed E-state index contributed by atoms with van der Waals surface area (Å²) in [5.41, 5.74) is 2.41. The third kappa shape index (κ3) is 2.84. The highest BCUT2D eigenvalue weighted by Crippen LogP contribution is 2.38. The van der Waals surface area contributed by atoms with Gasteiger partial charge in [-0.05, 0) is 44.7 Å². The second-order valence-corrected chi connectivity index (χ2v) is 5.64. The number of nitrogens with one attached hydrogen (secondary N) is 1. The highest BCUT2D eigenvalue weighted by Gasteiger charge is 2.39. The minimum Gasteiger partial charge on any atom is -0.394 e. The van der Waals surface area contributed by atoms with Crippen LogP contribution in [0.3, 0.4) is 0 Å². The van der Waals surface area contributed by atoms with E-state index in [1.165, 1.54) is 11.4 Å². The van der Waals surface area contributed by atoms with Crippen LogP contribution in [0.2, 0.25) is 0 Å². The molecule has 1 aliphatic rings. The van der Waals surface area contributed by atoms with Crippen LogP contribution >= 0.6 is 0 Å². The number of hydrogen-bond acceptors (Lipinski definition) is 3. The van der Waals surface area contributed by atoms with Gasteiger partial charge in [-0.2, -0.15) is 5.10 Å². The van der Waals surface area contributed by atoms with Crippen molar-refractivity contribution in [2.24, 2.45) is 0 Å². The molecule has 1 aromatic heterocycles. The van der Waals surface area contributed by atoms with Gasteiger partial charge in [0.15, 0.2) is 0 Å². The van der Waals surface area contributed by atoms with Gasteiger partial charge in [-0.1, -0.05) is 20.8 Å². The van der Waals surface area contributed by atoms with Gasteiger partial charge in [-0.3, -0.25) is 4.68 Å². The average Bonchev–Trinajstić information content (AvgIpc) is 3.03. The maximum absolute atomic E-state index is 9.70. The fourth-order valence-electron chi connectivity index (χ4n) is 3.28. The Morgan fingerprint density at radius 1 is 1.42 bits per heavy atom. The van der Waals surface area contributed by atoms with Gasteiger partial charge in [0.1, 0.15) is 0 Å². The first-order valence-electron chi connectivity index (χ1n) is 7.61. The molecule has 0 spiro atoms. The van der Waals surface area contributed by atoms with Gasteiger partial charge in [0.05, 0.1) is 18.3 Å². The first-order chi connectivity index (χ1) is 9.18. The lowest BCUT2D eigenvalue weighted by atomic mass is 9.98. The van der Waals surface area contributed by atoms with E-state index in [1.54, 1.807) is 0 Å². The summed E-state index contributed by atoms with van der Waals surface area (Å²) >= 11 is 0. The summed E-state index contributed by atoms with van der Waals surface area (Å²) in [6, 6.07) is 2.66. The molecular weight excluding hydrogens is 238 g/mol. The second-order valence-electron chi connectivity index (χ2n) is 5.64. The number of hydrogen-bond donors (Lipinski definition) is 2. The van der Waals surface area contributed by atoms with E-state index < -0.39 is 0 Å². The number of aryl methyl sites for hydroxylation is 2. The lowest BCUT2D eigenvalue weighted by Gasteiger charge is -2.28. The fourth-order valence-corrected chi connectivity index (χ4v) is 3.28. The summed E-state index contributed by atoms with van der Waals surface area (Å²) < 4.78 is 2.22. The predicted molar refractivity (Wildman–Crippen MR) is 77.4 cm³/mol. The molecule has 0 saturated heterocycles. The summed E-state index contributed by atoms with van der Waals surface area (Å²) in [6.07, 6.45) is 5.13. The molecule has 0 aromatic carbocycles. The summed E-state index contributed by atoms with van der Waals surface area (Å²) in [5.74, 6) is 0. The summed E-state index contributed by atoms with van der Waals surface area (Å²) in [5, 5.41) is 17.9. The minimum atomic E-state index is -0.0945. The van der Waals surface area contributed by atoms with E-state index in [9.17, 15) is 5.11 Å². The Labute approximate surface area is 116 Å². The van der Waals surface area contributed by atoms with E-state index in [0.717, 1.165) is 38.6 Å². The predicted octanol–water partition coefficient (Wildman–Crippen LogP) is 2.07. The highest BCUT2D eigenvalue weighted by molar-refractivity contribution is 5.12. The first kappa shape index (κ1) is 14.5. The van der Waals surface area contributed by atoms with E-state index in [-0.39, 0.29) is 12.1 Å². The van der Waals surface area contributed by atoms with Crippen LogP contribution < -0.4 is 5.32 Å². The van der Waals surface area contributed by atoms with Crippen molar-refractivity contribution in [1.29, 1.82) is 0 Å². The Morgan fingerprint density at radius 2 is 2.21 bits per heavy atom. The molecule has 108 valence electrons. The molecule has 1 aliphatic carbocycles. The number of nitrogens with zero attached hydrogens (tertiary/aromatic N) is 2. The molecule has 2 atom stereocenters. The molecule has 2 unspecified atom stereocenters. The van der Waals surface area contributed by atoms with E-state index in [2.05, 4.69) is 36.8 Å². The van der Waals surface area contributed by atoms with Crippen LogP contribution in [0, 0.1) is 0 Å². The standard InChI is InChI=1S/C15H27N3O/c1-4-12-9-13(5-2)18(17-12)14-7-8-15(10-14,11-19)16-6-3/h9,14,16,19H,4-8,10-11H2,1-3H3. The van der Waals surface area contributed by atoms with E-state index >= 15 is 0 Å². The molecule has 0 amide bonds. The minimum absolute atomic E-state index is 0.0945. The van der Waals surface area contributed by atoms with Gasteiger partial charge in [0.25, 0.3) is 0 Å². The van der Waals surface area contributed by atoms with Crippen molar-refractivity contribution in [3.63, 3.8) is 0 Å². The quantitative estimate of drug-likeness (QED) is 0.828. The number of likely N-dealkylation sites (N-methyl/N-ethyl adjacent to an activating group) is 1. The second kappa shape index (κ2) is 6.06. The van der Waals surface area contributed by atoms with Crippen molar-refractivity contribution >= 4 is 0 Å². The van der Waals surface area contributed by atoms with Crippen molar-refractivity contribution in [1.82, 2.24) is 15.1 Å². The van der Waals surface area contributed by atoms with Crippen LogP contribution in [0.15, 0.2) is 6.07 Å². The van der Waals surface area contributed by atoms with E-state index in [1.807, 2.05) is 0 Å². The molecule has 2 rings (SSSR count). The van der Waals surface area contributed by atoms with Crippen LogP contribution in [0.1, 0.15) is 57.5 Å². The number of aliphatic hydroxyl groups is 1. The van der Waals surface area contributed by atoms with Crippen molar-refractivity contribution < 1.29 is 5.11 Å². The average molecular weight is 265 g/mol. The van der Waals surface area contributed by atoms with Crippen LogP contribution in [0.4, 0.5) is 0 Å². The zero-order chi connectivity index (χ0) is 13.9. The Morgan fingerprint density at radius 3 is 2.79 bits per heavy atom. The molecule has 1 aromatic rings. The number of aliphatic hydroxyl groups excluding tert-OH is 1. The topological polar surface area (TPSA) is 50.1 Å². The molecule has 1 heterocycles. The summed E-state index contributed by atoms with van der Waals surface area (Å²) in [7, 11) is 0. The van der Waals surface area contributed by atoms with Gasteiger partial charge < -0.3 is 10.4 Å². The maximum atomic E-state index is 9.70. The summed E-state index contributed by atoms with van der Waals surface area (Å²) in [4.78, 5) is 0. The zero-order valence-electron chi connectivity index (χ0n) is 12.4. The number of rotatable bonds is 6.